The van der Waals surface area contributed by atoms with E-state index in [2.05, 4.69) is 20.1 Å². The highest BCUT2D eigenvalue weighted by atomic mass is 35.5. The van der Waals surface area contributed by atoms with Gasteiger partial charge in [0.1, 0.15) is 11.2 Å². The maximum absolute atomic E-state index is 11.4. The molecule has 7 heteroatoms. The molecule has 0 aromatic carbocycles. The summed E-state index contributed by atoms with van der Waals surface area (Å²) in [7, 11) is 0. The first-order valence-electron chi connectivity index (χ1n) is 7.53. The molecule has 21 heavy (non-hydrogen) atoms. The van der Waals surface area contributed by atoms with Gasteiger partial charge in [0, 0.05) is 19.0 Å². The number of rotatable bonds is 7. The molecule has 0 saturated heterocycles. The first kappa shape index (κ1) is 16.6. The van der Waals surface area contributed by atoms with Crippen LogP contribution in [0.1, 0.15) is 50.9 Å². The van der Waals surface area contributed by atoms with Crippen molar-refractivity contribution in [3.05, 3.63) is 5.82 Å². The Hall–Kier alpha value is -0.750. The fourth-order valence-electron chi connectivity index (χ4n) is 2.75. The van der Waals surface area contributed by atoms with Crippen molar-refractivity contribution in [2.45, 2.75) is 62.0 Å². The molecule has 0 radical (unpaired) electrons. The second kappa shape index (κ2) is 8.03. The maximum atomic E-state index is 11.4. The molecule has 1 heterocycles. The molecular weight excluding hydrogens is 308 g/mol. The molecule has 1 aliphatic rings. The van der Waals surface area contributed by atoms with Crippen LogP contribution in [0.5, 0.6) is 0 Å². The van der Waals surface area contributed by atoms with Crippen LogP contribution in [-0.4, -0.2) is 38.8 Å². The lowest BCUT2D eigenvalue weighted by molar-refractivity contribution is -0.120. The van der Waals surface area contributed by atoms with E-state index in [4.69, 9.17) is 11.6 Å². The van der Waals surface area contributed by atoms with Gasteiger partial charge in [-0.1, -0.05) is 24.6 Å². The summed E-state index contributed by atoms with van der Waals surface area (Å²) in [6.07, 6.45) is 8.76. The molecule has 1 unspecified atom stereocenters. The lowest BCUT2D eigenvalue weighted by Crippen LogP contribution is -2.30. The molecule has 1 aliphatic carbocycles. The van der Waals surface area contributed by atoms with E-state index in [0.717, 1.165) is 23.8 Å². The van der Waals surface area contributed by atoms with Crippen molar-refractivity contribution in [1.82, 2.24) is 20.1 Å². The number of carbonyl (C=O) groups is 1. The highest BCUT2D eigenvalue weighted by Gasteiger charge is 2.23. The third-order valence-corrected chi connectivity index (χ3v) is 4.69. The van der Waals surface area contributed by atoms with Crippen LogP contribution in [0.3, 0.4) is 0 Å². The fraction of sp³-hybridized carbons (Fsp3) is 0.786. The Balaban J connectivity index is 1.91. The van der Waals surface area contributed by atoms with E-state index in [1.807, 2.05) is 6.26 Å². The van der Waals surface area contributed by atoms with Crippen molar-refractivity contribution < 1.29 is 4.79 Å². The Labute approximate surface area is 135 Å². The molecule has 5 nitrogen and oxygen atoms in total. The van der Waals surface area contributed by atoms with Gasteiger partial charge >= 0.3 is 0 Å². The molecule has 1 N–H and O–H groups in total. The average molecular weight is 331 g/mol. The molecule has 2 rings (SSSR count). The fourth-order valence-corrected chi connectivity index (χ4v) is 3.40. The molecule has 0 spiro atoms. The highest BCUT2D eigenvalue weighted by molar-refractivity contribution is 7.98. The Morgan fingerprint density at radius 3 is 2.81 bits per heavy atom. The van der Waals surface area contributed by atoms with Crippen molar-refractivity contribution in [2.75, 3.05) is 12.8 Å². The van der Waals surface area contributed by atoms with Gasteiger partial charge in [0.15, 0.2) is 5.16 Å². The number of hydrogen-bond donors (Lipinski definition) is 1. The van der Waals surface area contributed by atoms with Gasteiger partial charge < -0.3 is 9.88 Å². The van der Waals surface area contributed by atoms with Crippen molar-refractivity contribution in [3.63, 3.8) is 0 Å². The molecule has 1 fully saturated rings. The summed E-state index contributed by atoms with van der Waals surface area (Å²) in [6, 6.07) is 0.551. The summed E-state index contributed by atoms with van der Waals surface area (Å²) in [6.45, 7) is 2.31. The van der Waals surface area contributed by atoms with E-state index in [1.165, 1.54) is 25.7 Å². The van der Waals surface area contributed by atoms with E-state index >= 15 is 0 Å². The summed E-state index contributed by atoms with van der Waals surface area (Å²) >= 11 is 7.37. The number of nitrogens with zero attached hydrogens (tertiary/aromatic N) is 3. The second-order valence-electron chi connectivity index (χ2n) is 5.42. The predicted octanol–water partition coefficient (Wildman–Crippen LogP) is 2.79. The number of nitrogens with one attached hydrogen (secondary N) is 1. The lowest BCUT2D eigenvalue weighted by atomic mass is 10.2. The van der Waals surface area contributed by atoms with Crippen molar-refractivity contribution >= 4 is 29.3 Å². The summed E-state index contributed by atoms with van der Waals surface area (Å²) in [5.41, 5.74) is 0. The number of aromatic nitrogens is 3. The number of aryl methyl sites for hydroxylation is 1. The minimum absolute atomic E-state index is 0.112. The van der Waals surface area contributed by atoms with Gasteiger partial charge in [-0.2, -0.15) is 0 Å². The first-order chi connectivity index (χ1) is 10.1. The summed E-state index contributed by atoms with van der Waals surface area (Å²) < 4.78 is 2.31. The molecule has 0 bridgehead atoms. The first-order valence-corrected chi connectivity index (χ1v) is 9.19. The van der Waals surface area contributed by atoms with Crippen LogP contribution < -0.4 is 5.32 Å². The average Bonchev–Trinajstić information content (AvgIpc) is 3.11. The van der Waals surface area contributed by atoms with E-state index in [-0.39, 0.29) is 5.91 Å². The molecule has 1 aromatic rings. The van der Waals surface area contributed by atoms with Crippen LogP contribution in [0.25, 0.3) is 0 Å². The number of halogens is 1. The molecule has 1 atom stereocenters. The molecular formula is C14H23ClN4OS. The summed E-state index contributed by atoms with van der Waals surface area (Å²) in [4.78, 5) is 11.4. The summed E-state index contributed by atoms with van der Waals surface area (Å²) in [5, 5.41) is 12.0. The van der Waals surface area contributed by atoms with E-state index < -0.39 is 5.38 Å². The van der Waals surface area contributed by atoms with Crippen molar-refractivity contribution in [2.24, 2.45) is 0 Å². The van der Waals surface area contributed by atoms with Crippen molar-refractivity contribution in [1.29, 1.82) is 0 Å². The Bertz CT molecular complexity index is 472. The zero-order valence-corrected chi connectivity index (χ0v) is 14.2. The van der Waals surface area contributed by atoms with Gasteiger partial charge in [-0.3, -0.25) is 4.79 Å². The topological polar surface area (TPSA) is 59.8 Å². The zero-order valence-electron chi connectivity index (χ0n) is 12.6. The molecule has 1 amide bonds. The van der Waals surface area contributed by atoms with Gasteiger partial charge in [-0.05, 0) is 32.4 Å². The van der Waals surface area contributed by atoms with Crippen LogP contribution in [-0.2, 0) is 11.2 Å². The third-order valence-electron chi connectivity index (χ3n) is 3.85. The van der Waals surface area contributed by atoms with Crippen LogP contribution in [0.4, 0.5) is 0 Å². The smallest absolute Gasteiger partial charge is 0.237 e. The van der Waals surface area contributed by atoms with Gasteiger partial charge in [-0.15, -0.1) is 21.8 Å². The van der Waals surface area contributed by atoms with Crippen LogP contribution in [0.2, 0.25) is 0 Å². The van der Waals surface area contributed by atoms with E-state index in [0.29, 0.717) is 12.6 Å². The van der Waals surface area contributed by atoms with Gasteiger partial charge in [0.05, 0.1) is 0 Å². The lowest BCUT2D eigenvalue weighted by Gasteiger charge is -2.16. The standard InChI is InChI=1S/C14H23ClN4OS/c1-10(15)13(20)16-9-5-8-12-17-18-14(21-2)19(12)11-6-3-4-7-11/h10-11H,3-9H2,1-2H3,(H,16,20). The minimum atomic E-state index is -0.477. The molecule has 118 valence electrons. The largest absolute Gasteiger partial charge is 0.355 e. The number of carbonyl (C=O) groups excluding carboxylic acids is 1. The molecule has 1 aromatic heterocycles. The van der Waals surface area contributed by atoms with E-state index in [9.17, 15) is 4.79 Å². The third kappa shape index (κ3) is 4.36. The van der Waals surface area contributed by atoms with Gasteiger partial charge in [0.25, 0.3) is 0 Å². The zero-order chi connectivity index (χ0) is 15.2. The van der Waals surface area contributed by atoms with E-state index in [1.54, 1.807) is 18.7 Å². The van der Waals surface area contributed by atoms with Crippen molar-refractivity contribution in [3.8, 4) is 0 Å². The summed E-state index contributed by atoms with van der Waals surface area (Å²) in [5.74, 6) is 0.929. The minimum Gasteiger partial charge on any atom is -0.355 e. The van der Waals surface area contributed by atoms with Crippen LogP contribution in [0, 0.1) is 0 Å². The number of alkyl halides is 1. The van der Waals surface area contributed by atoms with Gasteiger partial charge in [0.2, 0.25) is 5.91 Å². The number of hydrogen-bond acceptors (Lipinski definition) is 4. The predicted molar refractivity (Wildman–Crippen MR) is 86.0 cm³/mol. The number of amides is 1. The monoisotopic (exact) mass is 330 g/mol. The quantitative estimate of drug-likeness (QED) is 0.474. The molecule has 1 saturated carbocycles. The maximum Gasteiger partial charge on any atom is 0.237 e. The highest BCUT2D eigenvalue weighted by Crippen LogP contribution is 2.33. The normalized spacial score (nSPS) is 17.1. The molecule has 0 aliphatic heterocycles. The van der Waals surface area contributed by atoms with Gasteiger partial charge in [-0.25, -0.2) is 0 Å². The Kier molecular flexibility index (Phi) is 6.36. The SMILES string of the molecule is CSc1nnc(CCCNC(=O)C(C)Cl)n1C1CCCC1. The Morgan fingerprint density at radius 2 is 2.19 bits per heavy atom. The number of thioether (sulfide) groups is 1. The Morgan fingerprint density at radius 1 is 1.48 bits per heavy atom. The van der Waals surface area contributed by atoms with Crippen LogP contribution >= 0.6 is 23.4 Å². The van der Waals surface area contributed by atoms with Crippen LogP contribution in [0.15, 0.2) is 5.16 Å². The second-order valence-corrected chi connectivity index (χ2v) is 6.85.